The fraction of sp³-hybridized carbons (Fsp3) is 0.932. The smallest absolute Gasteiger partial charge is 0.410 e. The van der Waals surface area contributed by atoms with E-state index in [0.29, 0.717) is 127 Å². The fourth-order valence-corrected chi connectivity index (χ4v) is 24.5. The molecule has 25 heteroatoms. The van der Waals surface area contributed by atoms with E-state index in [1.54, 1.807) is 0 Å². The van der Waals surface area contributed by atoms with Crippen molar-refractivity contribution in [1.29, 1.82) is 0 Å². The standard InChI is InChI=1S/C26H49N3O3.C25H45N3O3.C25H47N3O3.C21H41N3O.C21H40N2O/c1-20(2)10-11-22(30)26(12-14-28(15-13-26)21(3)4)19-27-16-17-29(25(8,9)18-27)23(31)32-24(5,6)7;1-18(2)8-9-22(29)25(10-12-27(13-11-25)19(3)4)17-26-15-20-14-21(16-26)28(20)23(30)31-24(5,6)7;1-19(2)9-10-22(29)25(11-13-27(14-12-25)20(3)4)18-26-15-16-28(21(5)17-26)23(30)31-24(6,7)8;1-17(2)7-8-20(25)21(9-11-24(12-10-21)18(3)4)16-23-14-13-22(6)19(5)15-23;1-17(2)8-9-20(24)21(10-13-23(14-11-21)18(3)4)16-22-12-6-7-19(5)15-22/h20-21H,10-19H2,1-9H3;18-21H,8-17H2,1-7H3;19-21H,9-18H2,1-8H3;17-19H,7-16H2,1-6H3;17-19H,6-16H2,1-5H3. The number of likely N-dealkylation sites (N-methyl/N-ethyl adjacent to an activating group) is 1. The van der Waals surface area contributed by atoms with Gasteiger partial charge in [0.15, 0.2) is 0 Å². The molecule has 12 heterocycles. The molecule has 25 nitrogen and oxygen atoms in total. The molecular formula is C118H222N14O11. The van der Waals surface area contributed by atoms with Crippen LogP contribution in [0.3, 0.4) is 0 Å². The largest absolute Gasteiger partial charge is 0.444 e. The zero-order chi connectivity index (χ0) is 107. The van der Waals surface area contributed by atoms with Crippen LogP contribution in [0.5, 0.6) is 0 Å². The molecule has 2 bridgehead atoms. The number of likely N-dealkylation sites (tertiary alicyclic amines) is 6. The second-order valence-electron chi connectivity index (χ2n) is 54.4. The summed E-state index contributed by atoms with van der Waals surface area (Å²) >= 11 is 0. The monoisotopic (exact) mass is 2010 g/mol. The van der Waals surface area contributed by atoms with Crippen molar-refractivity contribution in [2.45, 2.75) is 460 Å². The molecule has 0 N–H and O–H groups in total. The maximum Gasteiger partial charge on any atom is 0.410 e. The van der Waals surface area contributed by atoms with Crippen LogP contribution in [0, 0.1) is 62.6 Å². The van der Waals surface area contributed by atoms with Crippen molar-refractivity contribution in [3.05, 3.63) is 0 Å². The van der Waals surface area contributed by atoms with Gasteiger partial charge in [-0.25, -0.2) is 14.4 Å². The number of ketones is 5. The summed E-state index contributed by atoms with van der Waals surface area (Å²) < 4.78 is 16.9. The first-order valence-corrected chi connectivity index (χ1v) is 58.1. The maximum atomic E-state index is 13.5. The Hall–Kier alpha value is -4.28. The molecule has 5 atom stereocenters. The minimum absolute atomic E-state index is 0.0721. The minimum Gasteiger partial charge on any atom is -0.444 e. The molecule has 0 aliphatic carbocycles. The van der Waals surface area contributed by atoms with Crippen LogP contribution in [-0.2, 0) is 38.2 Å². The van der Waals surface area contributed by atoms with E-state index in [0.717, 1.165) is 279 Å². The molecule has 0 aromatic heterocycles. The average Bonchev–Trinajstić information content (AvgIpc) is 0.747. The molecule has 0 saturated carbocycles. The summed E-state index contributed by atoms with van der Waals surface area (Å²) in [5, 5.41) is 0. The van der Waals surface area contributed by atoms with E-state index in [1.807, 2.05) is 77.0 Å². The van der Waals surface area contributed by atoms with Crippen molar-refractivity contribution in [1.82, 2.24) is 68.6 Å². The third kappa shape index (κ3) is 39.1. The van der Waals surface area contributed by atoms with Crippen LogP contribution < -0.4 is 0 Å². The first-order valence-electron chi connectivity index (χ1n) is 58.1. The van der Waals surface area contributed by atoms with E-state index in [1.165, 1.54) is 25.9 Å². The van der Waals surface area contributed by atoms with Gasteiger partial charge >= 0.3 is 18.3 Å². The number of carbonyl (C=O) groups is 8. The van der Waals surface area contributed by atoms with E-state index in [9.17, 15) is 38.4 Å². The summed E-state index contributed by atoms with van der Waals surface area (Å²) in [5.74, 6) is 6.13. The van der Waals surface area contributed by atoms with Crippen molar-refractivity contribution in [3.8, 4) is 0 Å². The maximum absolute atomic E-state index is 13.5. The van der Waals surface area contributed by atoms with Gasteiger partial charge in [0.2, 0.25) is 0 Å². The topological polar surface area (TPSA) is 210 Å². The van der Waals surface area contributed by atoms with Crippen LogP contribution in [0.15, 0.2) is 0 Å². The Balaban J connectivity index is 0.000000244. The van der Waals surface area contributed by atoms with Crippen LogP contribution in [0.1, 0.15) is 383 Å². The van der Waals surface area contributed by atoms with Crippen LogP contribution in [0.4, 0.5) is 14.4 Å². The normalized spacial score (nSPS) is 24.9. The van der Waals surface area contributed by atoms with Gasteiger partial charge in [0.25, 0.3) is 0 Å². The van der Waals surface area contributed by atoms with Crippen molar-refractivity contribution in [2.24, 2.45) is 62.6 Å². The number of piperidine rings is 7. The van der Waals surface area contributed by atoms with E-state index < -0.39 is 16.8 Å². The summed E-state index contributed by atoms with van der Waals surface area (Å²) in [5.41, 5.74) is -2.67. The summed E-state index contributed by atoms with van der Waals surface area (Å²) in [6.45, 7) is 99.5. The van der Waals surface area contributed by atoms with E-state index >= 15 is 0 Å². The first-order chi connectivity index (χ1) is 66.4. The van der Waals surface area contributed by atoms with Crippen LogP contribution in [0.25, 0.3) is 0 Å². The van der Waals surface area contributed by atoms with Gasteiger partial charge in [-0.1, -0.05) is 76.2 Å². The predicted octanol–water partition coefficient (Wildman–Crippen LogP) is 20.7. The number of carbonyl (C=O) groups excluding carboxylic acids is 8. The van der Waals surface area contributed by atoms with Gasteiger partial charge in [0.05, 0.1) is 17.6 Å². The number of nitrogens with zero attached hydrogens (tertiary/aromatic N) is 14. The average molecular weight is 2010 g/mol. The molecule has 5 unspecified atom stereocenters. The Labute approximate surface area is 876 Å². The summed E-state index contributed by atoms with van der Waals surface area (Å²) in [4.78, 5) is 138. The fourth-order valence-electron chi connectivity index (χ4n) is 24.5. The van der Waals surface area contributed by atoms with E-state index in [4.69, 9.17) is 14.2 Å². The first kappa shape index (κ1) is 126. The van der Waals surface area contributed by atoms with Crippen LogP contribution in [-0.4, -0.2) is 383 Å². The van der Waals surface area contributed by atoms with Crippen molar-refractivity contribution in [3.63, 3.8) is 0 Å². The van der Waals surface area contributed by atoms with Gasteiger partial charge in [-0.2, -0.15) is 0 Å². The third-order valence-electron chi connectivity index (χ3n) is 34.4. The van der Waals surface area contributed by atoms with Crippen molar-refractivity contribution < 1.29 is 52.6 Å². The minimum atomic E-state index is -0.498. The van der Waals surface area contributed by atoms with Gasteiger partial charge in [-0.3, -0.25) is 48.5 Å². The lowest BCUT2D eigenvalue weighted by atomic mass is 9.71. The van der Waals surface area contributed by atoms with Gasteiger partial charge in [-0.05, 0) is 389 Å². The van der Waals surface area contributed by atoms with Gasteiger partial charge < -0.3 is 58.3 Å². The molecule has 0 spiro atoms. The highest BCUT2D eigenvalue weighted by molar-refractivity contribution is 5.88. The molecule has 3 amide bonds. The molecular weight excluding hydrogens is 1790 g/mol. The predicted molar refractivity (Wildman–Crippen MR) is 590 cm³/mol. The highest BCUT2D eigenvalue weighted by Gasteiger charge is 2.54. The number of piperazine rings is 4. The second kappa shape index (κ2) is 55.8. The summed E-state index contributed by atoms with van der Waals surface area (Å²) in [6, 6.07) is 3.91. The van der Waals surface area contributed by atoms with E-state index in [-0.39, 0.29) is 69.0 Å². The zero-order valence-corrected chi connectivity index (χ0v) is 99.0. The Morgan fingerprint density at radius 2 is 0.580 bits per heavy atom. The molecule has 12 fully saturated rings. The molecule has 143 heavy (non-hydrogen) atoms. The van der Waals surface area contributed by atoms with Crippen molar-refractivity contribution in [2.75, 3.05) is 190 Å². The van der Waals surface area contributed by atoms with Crippen molar-refractivity contribution >= 4 is 47.2 Å². The SMILES string of the molecule is CC(C)CCC(=O)C1(CN2CC3CC(C2)N3C(=O)OC(C)(C)C)CCN(C(C)C)CC1.CC(C)CCC(=O)C1(CN2CCCC(C)C2)CCN(C(C)C)CC1.CC(C)CCC(=O)C1(CN2CCN(C(=O)OC(C)(C)C)C(C)(C)C2)CCN(C(C)C)CC1.CC(C)CCC(=O)C1(CN2CCN(C(=O)OC(C)(C)C)C(C)C2)CCN(C(C)C)CC1.CC(C)CCC(=O)C1(CN2CCN(C)C(C)C2)CCN(C(C)C)CC1. The third-order valence-corrected chi connectivity index (χ3v) is 34.4. The van der Waals surface area contributed by atoms with Crippen LogP contribution in [0.2, 0.25) is 0 Å². The molecule has 12 saturated heterocycles. The Bertz CT molecular complexity index is 3730. The van der Waals surface area contributed by atoms with Gasteiger partial charge in [0, 0.05) is 213 Å². The Kier molecular flexibility index (Phi) is 49.1. The molecule has 830 valence electrons. The highest BCUT2D eigenvalue weighted by Crippen LogP contribution is 2.45. The molecule has 12 aliphatic rings. The van der Waals surface area contributed by atoms with Crippen LogP contribution >= 0.6 is 0 Å². The molecule has 12 rings (SSSR count). The quantitative estimate of drug-likeness (QED) is 0.0540. The number of fused-ring (bicyclic) bond motifs is 2. The number of amides is 3. The van der Waals surface area contributed by atoms with Gasteiger partial charge in [-0.15, -0.1) is 0 Å². The lowest BCUT2D eigenvalue weighted by Gasteiger charge is -2.57. The zero-order valence-electron chi connectivity index (χ0n) is 99.0. The molecule has 12 aliphatic heterocycles. The van der Waals surface area contributed by atoms with E-state index in [2.05, 4.69) is 234 Å². The molecule has 0 radical (unpaired) electrons. The molecule has 0 aromatic rings. The number of hydrogen-bond donors (Lipinski definition) is 0. The highest BCUT2D eigenvalue weighted by atomic mass is 16.6. The Morgan fingerprint density at radius 3 is 0.860 bits per heavy atom. The lowest BCUT2D eigenvalue weighted by molar-refractivity contribution is -0.137. The van der Waals surface area contributed by atoms with Gasteiger partial charge in [0.1, 0.15) is 45.7 Å². The number of rotatable bonds is 35. The Morgan fingerprint density at radius 1 is 0.308 bits per heavy atom. The number of ether oxygens (including phenoxy) is 3. The second-order valence-corrected chi connectivity index (χ2v) is 54.4. The molecule has 0 aromatic carbocycles. The lowest BCUT2D eigenvalue weighted by Crippen LogP contribution is -2.71. The number of hydrogen-bond acceptors (Lipinski definition) is 22. The number of Topliss-reactive ketones (excluding diaryl/α,β-unsaturated/α-hetero) is 5. The summed E-state index contributed by atoms with van der Waals surface area (Å²) in [7, 11) is 2.21. The summed E-state index contributed by atoms with van der Waals surface area (Å²) in [6.07, 6.45) is 21.6.